The Hall–Kier alpha value is -2.96. The second-order valence-corrected chi connectivity index (χ2v) is 11.3. The molecular formula is C26H38FN5O5S. The van der Waals surface area contributed by atoms with Crippen LogP contribution in [0.3, 0.4) is 0 Å². The number of hydrogen-bond acceptors (Lipinski definition) is 6. The minimum Gasteiger partial charge on any atom is -0.493 e. The Balaban J connectivity index is 1.98. The van der Waals surface area contributed by atoms with Gasteiger partial charge >= 0.3 is 0 Å². The number of sulfonamides is 1. The van der Waals surface area contributed by atoms with E-state index in [-0.39, 0.29) is 47.0 Å². The van der Waals surface area contributed by atoms with Gasteiger partial charge in [0.1, 0.15) is 11.4 Å². The smallest absolute Gasteiger partial charge is 0.267 e. The lowest BCUT2D eigenvalue weighted by Crippen LogP contribution is -2.50. The minimum absolute atomic E-state index is 0.00449. The van der Waals surface area contributed by atoms with Crippen molar-refractivity contribution in [1.82, 2.24) is 13.8 Å². The monoisotopic (exact) mass is 551 g/mol. The van der Waals surface area contributed by atoms with Crippen LogP contribution in [0, 0.1) is 0 Å². The standard InChI is InChI=1S/C26H38FN5O5S/c1-5-30-17-19(8-7-11-27)23(24(30)25(28)33)29-26(34)21-16-20(9-10-22(21)37-6-2)38(35,36)32-14-12-31(13-15-32)18(3)4/h9-10,16-18H,5-8,11-15H2,1-4H3,(H2,28,33)(H,29,34). The first kappa shape index (κ1) is 29.6. The zero-order chi connectivity index (χ0) is 28.0. The summed E-state index contributed by atoms with van der Waals surface area (Å²) in [6, 6.07) is 4.52. The fourth-order valence-corrected chi connectivity index (χ4v) is 6.08. The van der Waals surface area contributed by atoms with Gasteiger partial charge in [-0.3, -0.25) is 18.9 Å². The SMILES string of the molecule is CCOc1ccc(S(=O)(=O)N2CCN(C(C)C)CC2)cc1C(=O)Nc1c(CCCF)cn(CC)c1C(N)=O. The molecule has 1 aliphatic heterocycles. The van der Waals surface area contributed by atoms with Crippen LogP contribution in [-0.4, -0.2) is 79.5 Å². The van der Waals surface area contributed by atoms with E-state index in [1.807, 2.05) is 6.92 Å². The Bertz CT molecular complexity index is 1250. The largest absolute Gasteiger partial charge is 0.493 e. The molecule has 0 radical (unpaired) electrons. The number of carbonyl (C=O) groups is 2. The zero-order valence-electron chi connectivity index (χ0n) is 22.5. The molecule has 2 amide bonds. The molecule has 3 N–H and O–H groups in total. The summed E-state index contributed by atoms with van der Waals surface area (Å²) in [5, 5.41) is 2.74. The van der Waals surface area contributed by atoms with Crippen molar-refractivity contribution in [2.75, 3.05) is 44.8 Å². The normalized spacial score (nSPS) is 15.1. The predicted octanol–water partition coefficient (Wildman–Crippen LogP) is 2.87. The van der Waals surface area contributed by atoms with Crippen LogP contribution in [0.2, 0.25) is 0 Å². The van der Waals surface area contributed by atoms with E-state index in [4.69, 9.17) is 10.5 Å². The third-order valence-corrected chi connectivity index (χ3v) is 8.58. The number of ether oxygens (including phenoxy) is 1. The highest BCUT2D eigenvalue weighted by Crippen LogP contribution is 2.30. The van der Waals surface area contributed by atoms with Gasteiger partial charge in [-0.2, -0.15) is 4.31 Å². The molecule has 0 saturated carbocycles. The van der Waals surface area contributed by atoms with Gasteiger partial charge in [-0.15, -0.1) is 0 Å². The van der Waals surface area contributed by atoms with E-state index in [1.165, 1.54) is 22.5 Å². The summed E-state index contributed by atoms with van der Waals surface area (Å²) in [5.74, 6) is -1.20. The maximum atomic E-state index is 13.5. The van der Waals surface area contributed by atoms with Crippen molar-refractivity contribution in [1.29, 1.82) is 0 Å². The van der Waals surface area contributed by atoms with Crippen LogP contribution in [0.5, 0.6) is 5.75 Å². The van der Waals surface area contributed by atoms with Crippen LogP contribution in [0.25, 0.3) is 0 Å². The topological polar surface area (TPSA) is 127 Å². The quantitative estimate of drug-likeness (QED) is 0.418. The molecule has 10 nitrogen and oxygen atoms in total. The summed E-state index contributed by atoms with van der Waals surface area (Å²) in [4.78, 5) is 28.0. The van der Waals surface area contributed by atoms with E-state index >= 15 is 0 Å². The molecule has 1 aromatic heterocycles. The molecule has 1 saturated heterocycles. The lowest BCUT2D eigenvalue weighted by Gasteiger charge is -2.36. The minimum atomic E-state index is -3.86. The highest BCUT2D eigenvalue weighted by atomic mass is 32.2. The van der Waals surface area contributed by atoms with Crippen LogP contribution in [0.1, 0.15) is 60.5 Å². The van der Waals surface area contributed by atoms with Crippen LogP contribution in [-0.2, 0) is 23.0 Å². The summed E-state index contributed by atoms with van der Waals surface area (Å²) >= 11 is 0. The molecular weight excluding hydrogens is 513 g/mol. The van der Waals surface area contributed by atoms with Crippen molar-refractivity contribution in [2.45, 2.75) is 58.0 Å². The molecule has 3 rings (SSSR count). The number of alkyl halides is 1. The summed E-state index contributed by atoms with van der Waals surface area (Å²) in [6.07, 6.45) is 2.16. The van der Waals surface area contributed by atoms with Crippen molar-refractivity contribution >= 4 is 27.5 Å². The average Bonchev–Trinajstić information content (AvgIpc) is 3.24. The molecule has 0 spiro atoms. The van der Waals surface area contributed by atoms with Gasteiger partial charge < -0.3 is 20.4 Å². The molecule has 1 fully saturated rings. The van der Waals surface area contributed by atoms with Crippen molar-refractivity contribution in [2.24, 2.45) is 5.73 Å². The zero-order valence-corrected chi connectivity index (χ0v) is 23.3. The summed E-state index contributed by atoms with van der Waals surface area (Å²) in [7, 11) is -3.86. The van der Waals surface area contributed by atoms with Gasteiger partial charge in [-0.1, -0.05) is 0 Å². The lowest BCUT2D eigenvalue weighted by molar-refractivity contribution is 0.0992. The summed E-state index contributed by atoms with van der Waals surface area (Å²) in [5.41, 5.74) is 6.48. The molecule has 0 aliphatic carbocycles. The van der Waals surface area contributed by atoms with Gasteiger partial charge in [-0.25, -0.2) is 8.42 Å². The third-order valence-electron chi connectivity index (χ3n) is 6.69. The number of benzene rings is 1. The van der Waals surface area contributed by atoms with Gasteiger partial charge in [0.2, 0.25) is 10.0 Å². The molecule has 210 valence electrons. The molecule has 38 heavy (non-hydrogen) atoms. The van der Waals surface area contributed by atoms with Crippen molar-refractivity contribution in [3.05, 3.63) is 41.2 Å². The molecule has 1 aromatic carbocycles. The predicted molar refractivity (Wildman–Crippen MR) is 144 cm³/mol. The highest BCUT2D eigenvalue weighted by Gasteiger charge is 2.31. The fraction of sp³-hybridized carbons (Fsp3) is 0.538. The number of primary amides is 1. The number of rotatable bonds is 12. The van der Waals surface area contributed by atoms with E-state index in [0.29, 0.717) is 44.3 Å². The van der Waals surface area contributed by atoms with E-state index in [1.54, 1.807) is 17.7 Å². The molecule has 2 aromatic rings. The van der Waals surface area contributed by atoms with E-state index in [2.05, 4.69) is 24.1 Å². The highest BCUT2D eigenvalue weighted by molar-refractivity contribution is 7.89. The Morgan fingerprint density at radius 3 is 2.39 bits per heavy atom. The van der Waals surface area contributed by atoms with Crippen LogP contribution in [0.4, 0.5) is 10.1 Å². The second-order valence-electron chi connectivity index (χ2n) is 9.40. The van der Waals surface area contributed by atoms with Crippen LogP contribution in [0.15, 0.2) is 29.3 Å². The lowest BCUT2D eigenvalue weighted by atomic mass is 10.1. The Morgan fingerprint density at radius 1 is 1.16 bits per heavy atom. The molecule has 2 heterocycles. The Labute approximate surface area is 224 Å². The third kappa shape index (κ3) is 6.36. The van der Waals surface area contributed by atoms with E-state index < -0.39 is 28.5 Å². The van der Waals surface area contributed by atoms with E-state index in [9.17, 15) is 22.4 Å². The van der Waals surface area contributed by atoms with Gasteiger partial charge in [0.25, 0.3) is 11.8 Å². The average molecular weight is 552 g/mol. The number of carbonyl (C=O) groups excluding carboxylic acids is 2. The molecule has 1 aliphatic rings. The fourth-order valence-electron chi connectivity index (χ4n) is 4.63. The number of aromatic nitrogens is 1. The van der Waals surface area contributed by atoms with Crippen LogP contribution < -0.4 is 15.8 Å². The number of aryl methyl sites for hydroxylation is 2. The first-order valence-electron chi connectivity index (χ1n) is 12.9. The van der Waals surface area contributed by atoms with Gasteiger partial charge in [0.05, 0.1) is 29.4 Å². The Morgan fingerprint density at radius 2 is 1.84 bits per heavy atom. The van der Waals surface area contributed by atoms with Gasteiger partial charge in [-0.05, 0) is 64.3 Å². The summed E-state index contributed by atoms with van der Waals surface area (Å²) < 4.78 is 48.5. The van der Waals surface area contributed by atoms with E-state index in [0.717, 1.165) is 0 Å². The van der Waals surface area contributed by atoms with Gasteiger partial charge in [0, 0.05) is 45.0 Å². The molecule has 0 bridgehead atoms. The number of nitrogens with zero attached hydrogens (tertiary/aromatic N) is 3. The number of amides is 2. The number of piperazine rings is 1. The van der Waals surface area contributed by atoms with Crippen molar-refractivity contribution < 1.29 is 27.1 Å². The van der Waals surface area contributed by atoms with Crippen molar-refractivity contribution in [3.8, 4) is 5.75 Å². The second kappa shape index (κ2) is 12.7. The van der Waals surface area contributed by atoms with Crippen LogP contribution >= 0.6 is 0 Å². The maximum absolute atomic E-state index is 13.5. The van der Waals surface area contributed by atoms with Gasteiger partial charge in [0.15, 0.2) is 0 Å². The maximum Gasteiger partial charge on any atom is 0.267 e. The van der Waals surface area contributed by atoms with Crippen molar-refractivity contribution in [3.63, 3.8) is 0 Å². The Kier molecular flexibility index (Phi) is 9.91. The summed E-state index contributed by atoms with van der Waals surface area (Å²) in [6.45, 7) is 9.76. The first-order chi connectivity index (χ1) is 18.0. The molecule has 0 atom stereocenters. The number of nitrogens with one attached hydrogen (secondary N) is 1. The number of nitrogens with two attached hydrogens (primary N) is 1. The number of hydrogen-bond donors (Lipinski definition) is 2. The number of anilines is 1. The molecule has 12 heteroatoms. The molecule has 0 unspecified atom stereocenters. The first-order valence-corrected chi connectivity index (χ1v) is 14.4. The number of halogens is 1.